The van der Waals surface area contributed by atoms with Gasteiger partial charge in [0, 0.05) is 30.9 Å². The Labute approximate surface area is 234 Å². The number of hydrogen-bond acceptors (Lipinski definition) is 8. The summed E-state index contributed by atoms with van der Waals surface area (Å²) in [5.74, 6) is 0. The SMILES string of the molecule is Cc1ccc(S(=O)(=O)OC2CCC(N(C)c3c(C#N)cnc4c3ccn4S(=O)(=O)c3ccccc3)CC2)c(C)c1. The predicted octanol–water partition coefficient (Wildman–Crippen LogP) is 4.91. The van der Waals surface area contributed by atoms with Gasteiger partial charge in [0.25, 0.3) is 20.1 Å². The zero-order valence-corrected chi connectivity index (χ0v) is 24.1. The summed E-state index contributed by atoms with van der Waals surface area (Å²) < 4.78 is 59.3. The van der Waals surface area contributed by atoms with Gasteiger partial charge in [-0.25, -0.2) is 17.4 Å². The largest absolute Gasteiger partial charge is 0.370 e. The van der Waals surface area contributed by atoms with E-state index in [2.05, 4.69) is 11.1 Å². The molecule has 0 spiro atoms. The summed E-state index contributed by atoms with van der Waals surface area (Å²) in [6.45, 7) is 3.67. The van der Waals surface area contributed by atoms with Crippen molar-refractivity contribution in [3.05, 3.63) is 83.7 Å². The van der Waals surface area contributed by atoms with E-state index < -0.39 is 26.2 Å². The smallest absolute Gasteiger partial charge is 0.297 e. The molecule has 0 aliphatic heterocycles. The van der Waals surface area contributed by atoms with Gasteiger partial charge in [0.05, 0.1) is 27.1 Å². The molecule has 208 valence electrons. The molecular weight excluding hydrogens is 548 g/mol. The second-order valence-corrected chi connectivity index (χ2v) is 13.5. The third kappa shape index (κ3) is 5.10. The summed E-state index contributed by atoms with van der Waals surface area (Å²) in [7, 11) is -5.91. The standard InChI is InChI=1S/C29H30N4O5S2/c1-20-9-14-27(21(2)17-20)40(36,37)38-24-12-10-23(11-13-24)32(3)28-22(18-30)19-31-29-26(28)15-16-33(29)39(34,35)25-7-5-4-6-8-25/h4-9,14-17,19,23-24H,10-13H2,1-3H3. The van der Waals surface area contributed by atoms with Gasteiger partial charge in [-0.2, -0.15) is 13.7 Å². The fraction of sp³-hybridized carbons (Fsp3) is 0.310. The lowest BCUT2D eigenvalue weighted by Crippen LogP contribution is -2.38. The van der Waals surface area contributed by atoms with Gasteiger partial charge in [-0.05, 0) is 69.4 Å². The summed E-state index contributed by atoms with van der Waals surface area (Å²) in [5.41, 5.74) is 2.80. The molecule has 1 aliphatic carbocycles. The Hall–Kier alpha value is -3.72. The van der Waals surface area contributed by atoms with E-state index in [1.165, 1.54) is 24.5 Å². The van der Waals surface area contributed by atoms with Crippen molar-refractivity contribution in [2.75, 3.05) is 11.9 Å². The minimum absolute atomic E-state index is 0.00422. The van der Waals surface area contributed by atoms with Crippen molar-refractivity contribution < 1.29 is 21.0 Å². The highest BCUT2D eigenvalue weighted by Gasteiger charge is 2.31. The number of benzene rings is 2. The van der Waals surface area contributed by atoms with E-state index in [1.807, 2.05) is 24.9 Å². The van der Waals surface area contributed by atoms with E-state index in [9.17, 15) is 22.1 Å². The van der Waals surface area contributed by atoms with Crippen LogP contribution in [-0.2, 0) is 24.3 Å². The number of aryl methyl sites for hydroxylation is 2. The number of nitriles is 1. The predicted molar refractivity (Wildman–Crippen MR) is 152 cm³/mol. The highest BCUT2D eigenvalue weighted by Crippen LogP contribution is 2.36. The molecular formula is C29H30N4O5S2. The molecule has 0 radical (unpaired) electrons. The van der Waals surface area contributed by atoms with Crippen LogP contribution < -0.4 is 4.90 Å². The van der Waals surface area contributed by atoms with E-state index in [-0.39, 0.29) is 21.5 Å². The number of rotatable bonds is 7. The van der Waals surface area contributed by atoms with Crippen molar-refractivity contribution in [3.8, 4) is 6.07 Å². The molecule has 0 amide bonds. The minimum Gasteiger partial charge on any atom is -0.370 e. The fourth-order valence-electron chi connectivity index (χ4n) is 5.43. The molecule has 40 heavy (non-hydrogen) atoms. The number of nitrogens with zero attached hydrogens (tertiary/aromatic N) is 4. The van der Waals surface area contributed by atoms with Crippen molar-refractivity contribution >= 4 is 36.9 Å². The van der Waals surface area contributed by atoms with Crippen LogP contribution in [0.1, 0.15) is 42.4 Å². The van der Waals surface area contributed by atoms with Crippen LogP contribution in [0.5, 0.6) is 0 Å². The fourth-order valence-corrected chi connectivity index (χ4v) is 8.10. The van der Waals surface area contributed by atoms with Gasteiger partial charge >= 0.3 is 0 Å². The maximum atomic E-state index is 13.3. The molecule has 0 atom stereocenters. The first kappa shape index (κ1) is 27.8. The molecule has 1 saturated carbocycles. The van der Waals surface area contributed by atoms with Crippen molar-refractivity contribution in [2.24, 2.45) is 0 Å². The van der Waals surface area contributed by atoms with Gasteiger partial charge < -0.3 is 4.90 Å². The summed E-state index contributed by atoms with van der Waals surface area (Å²) in [6.07, 6.45) is 4.75. The second-order valence-electron chi connectivity index (χ2n) is 10.2. The van der Waals surface area contributed by atoms with Crippen LogP contribution in [0.4, 0.5) is 5.69 Å². The maximum absolute atomic E-state index is 13.3. The summed E-state index contributed by atoms with van der Waals surface area (Å²) in [4.78, 5) is 6.64. The molecule has 2 aromatic heterocycles. The average Bonchev–Trinajstić information content (AvgIpc) is 3.38. The molecule has 11 heteroatoms. The summed E-state index contributed by atoms with van der Waals surface area (Å²) >= 11 is 0. The molecule has 2 heterocycles. The average molecular weight is 579 g/mol. The number of anilines is 1. The van der Waals surface area contributed by atoms with E-state index >= 15 is 0 Å². The summed E-state index contributed by atoms with van der Waals surface area (Å²) in [6, 6.07) is 17.1. The van der Waals surface area contributed by atoms with Crippen molar-refractivity contribution in [1.82, 2.24) is 8.96 Å². The second kappa shape index (κ2) is 10.7. The van der Waals surface area contributed by atoms with Crippen LogP contribution in [0.3, 0.4) is 0 Å². The Kier molecular flexibility index (Phi) is 7.44. The molecule has 2 aromatic carbocycles. The minimum atomic E-state index is -3.90. The third-order valence-electron chi connectivity index (χ3n) is 7.48. The van der Waals surface area contributed by atoms with E-state index in [4.69, 9.17) is 4.18 Å². The first-order valence-electron chi connectivity index (χ1n) is 13.0. The normalized spacial score (nSPS) is 17.9. The van der Waals surface area contributed by atoms with Crippen LogP contribution >= 0.6 is 0 Å². The van der Waals surface area contributed by atoms with Crippen LogP contribution in [-0.4, -0.2) is 45.0 Å². The van der Waals surface area contributed by atoms with Gasteiger partial charge in [0.15, 0.2) is 5.65 Å². The Morgan fingerprint density at radius 2 is 1.70 bits per heavy atom. The number of fused-ring (bicyclic) bond motifs is 1. The quantitative estimate of drug-likeness (QED) is 0.283. The lowest BCUT2D eigenvalue weighted by molar-refractivity contribution is 0.153. The van der Waals surface area contributed by atoms with E-state index in [1.54, 1.807) is 43.3 Å². The Morgan fingerprint density at radius 3 is 2.35 bits per heavy atom. The van der Waals surface area contributed by atoms with Crippen LogP contribution in [0.15, 0.2) is 76.8 Å². The van der Waals surface area contributed by atoms with Crippen LogP contribution in [0.2, 0.25) is 0 Å². The number of aromatic nitrogens is 2. The van der Waals surface area contributed by atoms with E-state index in [0.717, 1.165) is 9.54 Å². The van der Waals surface area contributed by atoms with Crippen molar-refractivity contribution in [3.63, 3.8) is 0 Å². The monoisotopic (exact) mass is 578 g/mol. The maximum Gasteiger partial charge on any atom is 0.297 e. The highest BCUT2D eigenvalue weighted by atomic mass is 32.2. The lowest BCUT2D eigenvalue weighted by atomic mass is 9.91. The molecule has 0 bridgehead atoms. The number of hydrogen-bond donors (Lipinski definition) is 0. The topological polar surface area (TPSA) is 122 Å². The third-order valence-corrected chi connectivity index (χ3v) is 10.7. The Balaban J connectivity index is 1.38. The first-order valence-corrected chi connectivity index (χ1v) is 15.8. The molecule has 0 N–H and O–H groups in total. The summed E-state index contributed by atoms with van der Waals surface area (Å²) in [5, 5.41) is 10.4. The molecule has 1 fully saturated rings. The van der Waals surface area contributed by atoms with Gasteiger partial charge in [-0.15, -0.1) is 0 Å². The van der Waals surface area contributed by atoms with E-state index in [0.29, 0.717) is 47.9 Å². The molecule has 0 saturated heterocycles. The van der Waals surface area contributed by atoms with Crippen molar-refractivity contribution in [2.45, 2.75) is 61.5 Å². The number of pyridine rings is 1. The van der Waals surface area contributed by atoms with Gasteiger partial charge in [-0.1, -0.05) is 35.9 Å². The Bertz CT molecular complexity index is 1820. The molecule has 4 aromatic rings. The molecule has 9 nitrogen and oxygen atoms in total. The van der Waals surface area contributed by atoms with Crippen molar-refractivity contribution in [1.29, 1.82) is 5.26 Å². The van der Waals surface area contributed by atoms with Crippen LogP contribution in [0.25, 0.3) is 11.0 Å². The molecule has 0 unspecified atom stereocenters. The lowest BCUT2D eigenvalue weighted by Gasteiger charge is -2.36. The molecule has 1 aliphatic rings. The first-order chi connectivity index (χ1) is 19.0. The zero-order valence-electron chi connectivity index (χ0n) is 22.5. The molecule has 5 rings (SSSR count). The van der Waals surface area contributed by atoms with Gasteiger partial charge in [0.2, 0.25) is 0 Å². The Morgan fingerprint density at radius 1 is 1.00 bits per heavy atom. The van der Waals surface area contributed by atoms with Gasteiger partial charge in [0.1, 0.15) is 6.07 Å². The van der Waals surface area contributed by atoms with Gasteiger partial charge in [-0.3, -0.25) is 4.18 Å². The highest BCUT2D eigenvalue weighted by molar-refractivity contribution is 7.90. The zero-order chi connectivity index (χ0) is 28.7. The van der Waals surface area contributed by atoms with Crippen LogP contribution in [0, 0.1) is 25.2 Å².